The average molecular weight is 295 g/mol. The fourth-order valence-electron chi connectivity index (χ4n) is 1.44. The van der Waals surface area contributed by atoms with Gasteiger partial charge in [-0.1, -0.05) is 35.3 Å². The van der Waals surface area contributed by atoms with E-state index in [-0.39, 0.29) is 0 Å². The quantitative estimate of drug-likeness (QED) is 0.814. The molecule has 0 unspecified atom stereocenters. The van der Waals surface area contributed by atoms with Crippen molar-refractivity contribution >= 4 is 40.5 Å². The third-order valence-corrected chi connectivity index (χ3v) is 3.13. The van der Waals surface area contributed by atoms with Crippen LogP contribution in [0.5, 0.6) is 0 Å². The van der Waals surface area contributed by atoms with E-state index in [0.717, 1.165) is 0 Å². The molecule has 4 nitrogen and oxygen atoms in total. The molecule has 0 aliphatic rings. The van der Waals surface area contributed by atoms with Crippen LogP contribution in [0.2, 0.25) is 10.0 Å². The molecule has 2 N–H and O–H groups in total. The molecular weight excluding hydrogens is 283 g/mol. The van der Waals surface area contributed by atoms with Gasteiger partial charge in [-0.15, -0.1) is 6.58 Å². The second-order valence-corrected chi connectivity index (χ2v) is 4.47. The highest BCUT2D eigenvalue weighted by atomic mass is 35.5. The molecule has 0 atom stereocenters. The van der Waals surface area contributed by atoms with Crippen molar-refractivity contribution in [2.45, 2.75) is 0 Å². The number of halogens is 2. The van der Waals surface area contributed by atoms with E-state index in [9.17, 15) is 0 Å². The van der Waals surface area contributed by atoms with E-state index in [1.165, 1.54) is 6.33 Å². The standard InChI is InChI=1S/C13H12Cl2N4/c1-2-6-16-11-7-12(18-8-17-11)19-10-5-3-4-9(14)13(10)15/h2-5,7-8H,1,6H2,(H2,16,17,18,19). The highest BCUT2D eigenvalue weighted by molar-refractivity contribution is 6.43. The van der Waals surface area contributed by atoms with Crippen LogP contribution in [0.25, 0.3) is 0 Å². The Kier molecular flexibility index (Phi) is 4.60. The number of benzene rings is 1. The SMILES string of the molecule is C=CCNc1cc(Nc2cccc(Cl)c2Cl)ncn1. The first-order valence-electron chi connectivity index (χ1n) is 5.58. The Morgan fingerprint density at radius 3 is 2.79 bits per heavy atom. The minimum absolute atomic E-state index is 0.461. The summed E-state index contributed by atoms with van der Waals surface area (Å²) in [7, 11) is 0. The highest BCUT2D eigenvalue weighted by Crippen LogP contribution is 2.31. The molecule has 0 fully saturated rings. The van der Waals surface area contributed by atoms with Gasteiger partial charge in [0.05, 0.1) is 15.7 Å². The Bertz CT molecular complexity index is 587. The highest BCUT2D eigenvalue weighted by Gasteiger charge is 2.05. The van der Waals surface area contributed by atoms with E-state index in [4.69, 9.17) is 23.2 Å². The van der Waals surface area contributed by atoms with Crippen LogP contribution in [0.1, 0.15) is 0 Å². The van der Waals surface area contributed by atoms with Crippen LogP contribution in [0, 0.1) is 0 Å². The lowest BCUT2D eigenvalue weighted by atomic mass is 10.3. The van der Waals surface area contributed by atoms with Crippen molar-refractivity contribution in [2.75, 3.05) is 17.2 Å². The predicted octanol–water partition coefficient (Wildman–Crippen LogP) is 4.12. The summed E-state index contributed by atoms with van der Waals surface area (Å²) >= 11 is 12.1. The normalized spacial score (nSPS) is 10.0. The van der Waals surface area contributed by atoms with Crippen LogP contribution in [0.3, 0.4) is 0 Å². The Balaban J connectivity index is 2.18. The maximum Gasteiger partial charge on any atom is 0.135 e. The van der Waals surface area contributed by atoms with E-state index in [2.05, 4.69) is 27.2 Å². The van der Waals surface area contributed by atoms with Crippen LogP contribution in [-0.2, 0) is 0 Å². The first-order chi connectivity index (χ1) is 9.20. The van der Waals surface area contributed by atoms with Gasteiger partial charge in [-0.2, -0.15) is 0 Å². The van der Waals surface area contributed by atoms with Gasteiger partial charge in [-0.25, -0.2) is 9.97 Å². The number of nitrogens with one attached hydrogen (secondary N) is 2. The zero-order valence-corrected chi connectivity index (χ0v) is 11.5. The first kappa shape index (κ1) is 13.6. The molecule has 0 saturated carbocycles. The largest absolute Gasteiger partial charge is 0.366 e. The topological polar surface area (TPSA) is 49.8 Å². The number of hydrogen-bond donors (Lipinski definition) is 2. The molecule has 1 aromatic carbocycles. The Morgan fingerprint density at radius 1 is 1.21 bits per heavy atom. The zero-order valence-electron chi connectivity index (χ0n) is 10.0. The Morgan fingerprint density at radius 2 is 2.00 bits per heavy atom. The molecule has 0 aliphatic heterocycles. The van der Waals surface area contributed by atoms with E-state index >= 15 is 0 Å². The van der Waals surface area contributed by atoms with Gasteiger partial charge in [0.15, 0.2) is 0 Å². The van der Waals surface area contributed by atoms with E-state index < -0.39 is 0 Å². The summed E-state index contributed by atoms with van der Waals surface area (Å²) in [5.41, 5.74) is 0.697. The smallest absolute Gasteiger partial charge is 0.135 e. The lowest BCUT2D eigenvalue weighted by Crippen LogP contribution is -2.02. The second kappa shape index (κ2) is 6.41. The number of aromatic nitrogens is 2. The number of hydrogen-bond acceptors (Lipinski definition) is 4. The summed E-state index contributed by atoms with van der Waals surface area (Å²) in [6.07, 6.45) is 3.22. The molecular formula is C13H12Cl2N4. The van der Waals surface area contributed by atoms with Gasteiger partial charge in [0.2, 0.25) is 0 Å². The van der Waals surface area contributed by atoms with Gasteiger partial charge in [0.25, 0.3) is 0 Å². The van der Waals surface area contributed by atoms with Gasteiger partial charge in [-0.05, 0) is 12.1 Å². The molecule has 6 heteroatoms. The molecule has 0 aliphatic carbocycles. The van der Waals surface area contributed by atoms with Crippen molar-refractivity contribution < 1.29 is 0 Å². The lowest BCUT2D eigenvalue weighted by molar-refractivity contribution is 1.14. The van der Waals surface area contributed by atoms with Crippen LogP contribution < -0.4 is 10.6 Å². The molecule has 0 spiro atoms. The molecule has 0 bridgehead atoms. The fourth-order valence-corrected chi connectivity index (χ4v) is 1.79. The van der Waals surface area contributed by atoms with Crippen LogP contribution in [-0.4, -0.2) is 16.5 Å². The molecule has 1 heterocycles. The summed E-state index contributed by atoms with van der Waals surface area (Å²) in [4.78, 5) is 8.21. The second-order valence-electron chi connectivity index (χ2n) is 3.68. The molecule has 0 saturated heterocycles. The predicted molar refractivity (Wildman–Crippen MR) is 80.5 cm³/mol. The van der Waals surface area contributed by atoms with E-state index in [0.29, 0.717) is 33.9 Å². The lowest BCUT2D eigenvalue weighted by Gasteiger charge is -2.09. The summed E-state index contributed by atoms with van der Waals surface area (Å²) in [6.45, 7) is 4.27. The third kappa shape index (κ3) is 3.59. The van der Waals surface area contributed by atoms with E-state index in [1.54, 1.807) is 18.2 Å². The Labute approximate surface area is 121 Å². The van der Waals surface area contributed by atoms with Crippen molar-refractivity contribution in [1.29, 1.82) is 0 Å². The van der Waals surface area contributed by atoms with Crippen molar-refractivity contribution in [1.82, 2.24) is 9.97 Å². The van der Waals surface area contributed by atoms with Gasteiger partial charge >= 0.3 is 0 Å². The Hall–Kier alpha value is -1.78. The summed E-state index contributed by atoms with van der Waals surface area (Å²) in [6, 6.07) is 7.15. The van der Waals surface area contributed by atoms with Crippen LogP contribution in [0.4, 0.5) is 17.3 Å². The summed E-state index contributed by atoms with van der Waals surface area (Å²) in [5.74, 6) is 1.33. The first-order valence-corrected chi connectivity index (χ1v) is 6.34. The molecule has 0 amide bonds. The molecule has 1 aromatic heterocycles. The summed E-state index contributed by atoms with van der Waals surface area (Å²) < 4.78 is 0. The van der Waals surface area contributed by atoms with Gasteiger partial charge < -0.3 is 10.6 Å². The fraction of sp³-hybridized carbons (Fsp3) is 0.0769. The maximum atomic E-state index is 6.10. The van der Waals surface area contributed by atoms with Crippen molar-refractivity contribution in [3.05, 3.63) is 53.3 Å². The average Bonchev–Trinajstić information content (AvgIpc) is 2.42. The van der Waals surface area contributed by atoms with E-state index in [1.807, 2.05) is 12.1 Å². The molecule has 98 valence electrons. The minimum atomic E-state index is 0.461. The van der Waals surface area contributed by atoms with Gasteiger partial charge in [0.1, 0.15) is 18.0 Å². The molecule has 2 rings (SSSR count). The molecule has 19 heavy (non-hydrogen) atoms. The van der Waals surface area contributed by atoms with Crippen molar-refractivity contribution in [2.24, 2.45) is 0 Å². The van der Waals surface area contributed by atoms with Crippen molar-refractivity contribution in [3.63, 3.8) is 0 Å². The zero-order chi connectivity index (χ0) is 13.7. The van der Waals surface area contributed by atoms with Crippen molar-refractivity contribution in [3.8, 4) is 0 Å². The molecule has 2 aromatic rings. The van der Waals surface area contributed by atoms with Gasteiger partial charge in [-0.3, -0.25) is 0 Å². The molecule has 0 radical (unpaired) electrons. The third-order valence-electron chi connectivity index (χ3n) is 2.31. The monoisotopic (exact) mass is 294 g/mol. The summed E-state index contributed by atoms with van der Waals surface area (Å²) in [5, 5.41) is 7.13. The van der Waals surface area contributed by atoms with Gasteiger partial charge in [0, 0.05) is 12.6 Å². The number of nitrogens with zero attached hydrogens (tertiary/aromatic N) is 2. The maximum absolute atomic E-state index is 6.10. The van der Waals surface area contributed by atoms with Crippen LogP contribution >= 0.6 is 23.2 Å². The minimum Gasteiger partial charge on any atom is -0.366 e. The number of rotatable bonds is 5. The number of anilines is 3. The van der Waals surface area contributed by atoms with Crippen LogP contribution in [0.15, 0.2) is 43.2 Å².